The molecule has 1 aliphatic rings. The average molecular weight is 361 g/mol. The van der Waals surface area contributed by atoms with E-state index in [0.717, 1.165) is 11.9 Å². The van der Waals surface area contributed by atoms with Crippen molar-refractivity contribution in [2.75, 3.05) is 11.9 Å². The van der Waals surface area contributed by atoms with Gasteiger partial charge in [0.1, 0.15) is 5.60 Å². The Morgan fingerprint density at radius 1 is 1.31 bits per heavy atom. The number of amides is 2. The third-order valence-corrected chi connectivity index (χ3v) is 3.71. The van der Waals surface area contributed by atoms with Gasteiger partial charge < -0.3 is 15.0 Å². The zero-order valence-electron chi connectivity index (χ0n) is 14.8. The first kappa shape index (κ1) is 17.8. The Hall–Kier alpha value is -2.97. The van der Waals surface area contributed by atoms with Crippen molar-refractivity contribution in [3.05, 3.63) is 41.6 Å². The quantitative estimate of drug-likeness (QED) is 0.887. The van der Waals surface area contributed by atoms with Crippen LogP contribution in [0.4, 0.5) is 15.0 Å². The summed E-state index contributed by atoms with van der Waals surface area (Å²) in [6.45, 7) is 6.69. The Morgan fingerprint density at radius 3 is 2.77 bits per heavy atom. The number of nitrogens with zero attached hydrogens (tertiary/aromatic N) is 4. The molecule has 2 aromatic heterocycles. The van der Waals surface area contributed by atoms with Crippen molar-refractivity contribution in [3.63, 3.8) is 0 Å². The summed E-state index contributed by atoms with van der Waals surface area (Å²) in [4.78, 5) is 29.5. The SMILES string of the molecule is CC(C)(C)OC(=O)N1CCn2nc(NC(=O)c3ccncc3F)cc2C1. The summed E-state index contributed by atoms with van der Waals surface area (Å²) in [7, 11) is 0. The highest BCUT2D eigenvalue weighted by Gasteiger charge is 2.27. The predicted molar refractivity (Wildman–Crippen MR) is 91.0 cm³/mol. The highest BCUT2D eigenvalue weighted by Crippen LogP contribution is 2.19. The molecule has 2 amide bonds. The predicted octanol–water partition coefficient (Wildman–Crippen LogP) is 2.42. The number of anilines is 1. The average Bonchev–Trinajstić information content (AvgIpc) is 2.94. The molecule has 9 heteroatoms. The normalized spacial score (nSPS) is 13.9. The molecule has 0 saturated carbocycles. The van der Waals surface area contributed by atoms with Gasteiger partial charge in [0.25, 0.3) is 5.91 Å². The zero-order chi connectivity index (χ0) is 18.9. The first-order chi connectivity index (χ1) is 12.2. The van der Waals surface area contributed by atoms with Crippen molar-refractivity contribution in [2.45, 2.75) is 39.5 Å². The van der Waals surface area contributed by atoms with E-state index in [1.54, 1.807) is 15.6 Å². The molecule has 8 nitrogen and oxygen atoms in total. The van der Waals surface area contributed by atoms with E-state index in [2.05, 4.69) is 15.4 Å². The summed E-state index contributed by atoms with van der Waals surface area (Å²) >= 11 is 0. The highest BCUT2D eigenvalue weighted by atomic mass is 19.1. The number of halogens is 1. The Labute approximate surface area is 150 Å². The number of carbonyl (C=O) groups excluding carboxylic acids is 2. The minimum atomic E-state index is -0.704. The van der Waals surface area contributed by atoms with Crippen LogP contribution < -0.4 is 5.32 Å². The molecule has 0 aliphatic carbocycles. The second kappa shape index (κ2) is 6.74. The maximum Gasteiger partial charge on any atom is 0.410 e. The van der Waals surface area contributed by atoms with Crippen LogP contribution >= 0.6 is 0 Å². The van der Waals surface area contributed by atoms with Crippen LogP contribution in [0.1, 0.15) is 36.8 Å². The number of fused-ring (bicyclic) bond motifs is 1. The van der Waals surface area contributed by atoms with Crippen LogP contribution in [0.3, 0.4) is 0 Å². The molecular formula is C17H20FN5O3. The molecule has 3 heterocycles. The minimum absolute atomic E-state index is 0.110. The van der Waals surface area contributed by atoms with Crippen molar-refractivity contribution in [1.82, 2.24) is 19.7 Å². The maximum atomic E-state index is 13.6. The van der Waals surface area contributed by atoms with Crippen molar-refractivity contribution < 1.29 is 18.7 Å². The van der Waals surface area contributed by atoms with Gasteiger partial charge in [0.05, 0.1) is 30.5 Å². The second-order valence-corrected chi connectivity index (χ2v) is 6.96. The molecule has 138 valence electrons. The molecule has 3 rings (SSSR count). The summed E-state index contributed by atoms with van der Waals surface area (Å²) in [6.07, 6.45) is 1.93. The largest absolute Gasteiger partial charge is 0.444 e. The Morgan fingerprint density at radius 2 is 2.08 bits per heavy atom. The first-order valence-corrected chi connectivity index (χ1v) is 8.18. The molecular weight excluding hydrogens is 341 g/mol. The lowest BCUT2D eigenvalue weighted by Gasteiger charge is -2.30. The van der Waals surface area contributed by atoms with Gasteiger partial charge in [-0.2, -0.15) is 5.10 Å². The van der Waals surface area contributed by atoms with E-state index in [1.165, 1.54) is 12.3 Å². The summed E-state index contributed by atoms with van der Waals surface area (Å²) in [6, 6.07) is 2.96. The second-order valence-electron chi connectivity index (χ2n) is 6.96. The van der Waals surface area contributed by atoms with Gasteiger partial charge in [-0.25, -0.2) is 9.18 Å². The molecule has 0 saturated heterocycles. The van der Waals surface area contributed by atoms with E-state index in [4.69, 9.17) is 4.74 Å². The first-order valence-electron chi connectivity index (χ1n) is 8.18. The summed E-state index contributed by atoms with van der Waals surface area (Å²) in [5.74, 6) is -1.01. The molecule has 0 aromatic carbocycles. The number of carbonyl (C=O) groups is 2. The number of hydrogen-bond acceptors (Lipinski definition) is 5. The maximum absolute atomic E-state index is 13.6. The van der Waals surface area contributed by atoms with Gasteiger partial charge in [0, 0.05) is 18.8 Å². The van der Waals surface area contributed by atoms with Gasteiger partial charge in [-0.15, -0.1) is 0 Å². The van der Waals surface area contributed by atoms with Crippen LogP contribution in [0.5, 0.6) is 0 Å². The number of rotatable bonds is 2. The minimum Gasteiger partial charge on any atom is -0.444 e. The monoisotopic (exact) mass is 361 g/mol. The third-order valence-electron chi connectivity index (χ3n) is 3.71. The smallest absolute Gasteiger partial charge is 0.410 e. The highest BCUT2D eigenvalue weighted by molar-refractivity contribution is 6.03. The van der Waals surface area contributed by atoms with Crippen molar-refractivity contribution in [2.24, 2.45) is 0 Å². The van der Waals surface area contributed by atoms with E-state index >= 15 is 0 Å². The fraction of sp³-hybridized carbons (Fsp3) is 0.412. The molecule has 0 fully saturated rings. The van der Waals surface area contributed by atoms with Crippen molar-refractivity contribution in [3.8, 4) is 0 Å². The van der Waals surface area contributed by atoms with Crippen LogP contribution in [0.25, 0.3) is 0 Å². The topological polar surface area (TPSA) is 89.4 Å². The van der Waals surface area contributed by atoms with Crippen LogP contribution in [-0.4, -0.2) is 43.8 Å². The van der Waals surface area contributed by atoms with E-state index in [9.17, 15) is 14.0 Å². The summed E-state index contributed by atoms with van der Waals surface area (Å²) in [5, 5.41) is 6.85. The number of aromatic nitrogens is 3. The Bertz CT molecular complexity index is 843. The standard InChI is InChI=1S/C17H20FN5O3/c1-17(2,3)26-16(25)22-6-7-23-11(10-22)8-14(21-23)20-15(24)12-4-5-19-9-13(12)18/h4-5,8-9H,6-7,10H2,1-3H3,(H,20,21,24). The molecule has 0 bridgehead atoms. The van der Waals surface area contributed by atoms with E-state index in [0.29, 0.717) is 25.5 Å². The van der Waals surface area contributed by atoms with Crippen LogP contribution in [0.2, 0.25) is 0 Å². The lowest BCUT2D eigenvalue weighted by molar-refractivity contribution is 0.0194. The number of nitrogens with one attached hydrogen (secondary N) is 1. The lowest BCUT2D eigenvalue weighted by Crippen LogP contribution is -2.41. The van der Waals surface area contributed by atoms with E-state index < -0.39 is 23.4 Å². The fourth-order valence-corrected chi connectivity index (χ4v) is 2.55. The molecule has 0 atom stereocenters. The fourth-order valence-electron chi connectivity index (χ4n) is 2.55. The molecule has 1 N–H and O–H groups in total. The number of pyridine rings is 1. The number of ether oxygens (including phenoxy) is 1. The van der Waals surface area contributed by atoms with Crippen LogP contribution in [-0.2, 0) is 17.8 Å². The Balaban J connectivity index is 1.69. The van der Waals surface area contributed by atoms with Gasteiger partial charge in [-0.05, 0) is 26.8 Å². The molecule has 2 aromatic rings. The molecule has 0 radical (unpaired) electrons. The number of hydrogen-bond donors (Lipinski definition) is 1. The molecule has 0 unspecified atom stereocenters. The third kappa shape index (κ3) is 3.98. The van der Waals surface area contributed by atoms with Gasteiger partial charge in [-0.1, -0.05) is 0 Å². The lowest BCUT2D eigenvalue weighted by atomic mass is 10.2. The van der Waals surface area contributed by atoms with Gasteiger partial charge in [0.2, 0.25) is 0 Å². The van der Waals surface area contributed by atoms with Crippen LogP contribution in [0, 0.1) is 5.82 Å². The molecule has 0 spiro atoms. The van der Waals surface area contributed by atoms with Crippen molar-refractivity contribution in [1.29, 1.82) is 0 Å². The van der Waals surface area contributed by atoms with Gasteiger partial charge in [-0.3, -0.25) is 14.5 Å². The van der Waals surface area contributed by atoms with Crippen LogP contribution in [0.15, 0.2) is 24.5 Å². The van der Waals surface area contributed by atoms with Gasteiger partial charge >= 0.3 is 6.09 Å². The van der Waals surface area contributed by atoms with E-state index in [1.807, 2.05) is 20.8 Å². The summed E-state index contributed by atoms with van der Waals surface area (Å²) in [5.41, 5.74) is 0.0802. The van der Waals surface area contributed by atoms with Gasteiger partial charge in [0.15, 0.2) is 11.6 Å². The molecule has 1 aliphatic heterocycles. The molecule has 26 heavy (non-hydrogen) atoms. The Kier molecular flexibility index (Phi) is 4.62. The van der Waals surface area contributed by atoms with E-state index in [-0.39, 0.29) is 5.56 Å². The zero-order valence-corrected chi connectivity index (χ0v) is 14.8. The van der Waals surface area contributed by atoms with Crippen molar-refractivity contribution >= 4 is 17.8 Å². The summed E-state index contributed by atoms with van der Waals surface area (Å²) < 4.78 is 20.7.